The van der Waals surface area contributed by atoms with E-state index in [-0.39, 0.29) is 5.78 Å². The fourth-order valence-corrected chi connectivity index (χ4v) is 2.04. The van der Waals surface area contributed by atoms with Crippen molar-refractivity contribution in [3.8, 4) is 5.75 Å². The number of ketones is 1. The van der Waals surface area contributed by atoms with Crippen LogP contribution in [0.2, 0.25) is 0 Å². The highest BCUT2D eigenvalue weighted by molar-refractivity contribution is 6.05. The number of allylic oxidation sites excluding steroid dienone is 8. The van der Waals surface area contributed by atoms with Crippen LogP contribution in [0.4, 0.5) is 0 Å². The van der Waals surface area contributed by atoms with Crippen molar-refractivity contribution in [3.05, 3.63) is 89.3 Å². The summed E-state index contributed by atoms with van der Waals surface area (Å²) in [6.45, 7) is 0. The van der Waals surface area contributed by atoms with Crippen LogP contribution in [0.3, 0.4) is 0 Å². The van der Waals surface area contributed by atoms with Gasteiger partial charge in [-0.2, -0.15) is 0 Å². The third kappa shape index (κ3) is 2.98. The Bertz CT molecular complexity index is 837. The van der Waals surface area contributed by atoms with Crippen molar-refractivity contribution in [2.24, 2.45) is 4.99 Å². The second-order valence-corrected chi connectivity index (χ2v) is 4.48. The Hall–Kier alpha value is -2.94. The van der Waals surface area contributed by atoms with Gasteiger partial charge in [-0.25, -0.2) is 0 Å². The van der Waals surface area contributed by atoms with Crippen LogP contribution in [-0.2, 0) is 0 Å². The van der Waals surface area contributed by atoms with Gasteiger partial charge < -0.3 is 4.74 Å². The van der Waals surface area contributed by atoms with Crippen molar-refractivity contribution in [2.45, 2.75) is 0 Å². The molecule has 21 heavy (non-hydrogen) atoms. The summed E-state index contributed by atoms with van der Waals surface area (Å²) in [6, 6.07) is 3.59. The lowest BCUT2D eigenvalue weighted by Gasteiger charge is -2.06. The Balaban J connectivity index is 2.18. The molecule has 1 aromatic carbocycles. The molecule has 0 spiro atoms. The molecule has 0 saturated carbocycles. The molecule has 0 saturated heterocycles. The highest BCUT2D eigenvalue weighted by Crippen LogP contribution is 2.06. The number of carbonyl (C=O) groups excluding carboxylic acids is 1. The van der Waals surface area contributed by atoms with Gasteiger partial charge in [0, 0.05) is 29.1 Å². The third-order valence-electron chi connectivity index (χ3n) is 3.05. The fraction of sp³-hybridized carbons (Fsp3) is 0. The summed E-state index contributed by atoms with van der Waals surface area (Å²) in [5.41, 5.74) is 0.594. The first-order chi connectivity index (χ1) is 10.3. The molecule has 0 aromatic heterocycles. The molecule has 2 heterocycles. The molecule has 0 unspecified atom stereocenters. The third-order valence-corrected chi connectivity index (χ3v) is 3.05. The summed E-state index contributed by atoms with van der Waals surface area (Å²) in [6.07, 6.45) is 19.8. The van der Waals surface area contributed by atoms with Gasteiger partial charge in [0.25, 0.3) is 0 Å². The van der Waals surface area contributed by atoms with Gasteiger partial charge in [-0.1, -0.05) is 42.5 Å². The van der Waals surface area contributed by atoms with Gasteiger partial charge in [-0.05, 0) is 12.1 Å². The number of hydrogen-bond acceptors (Lipinski definition) is 3. The maximum Gasteiger partial charge on any atom is 0.189 e. The molecule has 3 nitrogen and oxygen atoms in total. The SMILES string of the molecule is O=C1C=CN=c2cc3c(cc21)=CC=CC=CC=CC=CO3. The molecule has 0 aliphatic carbocycles. The minimum Gasteiger partial charge on any atom is -0.464 e. The molecule has 0 amide bonds. The average Bonchev–Trinajstić information content (AvgIpc) is 2.48. The quantitative estimate of drug-likeness (QED) is 0.729. The molecule has 0 atom stereocenters. The van der Waals surface area contributed by atoms with Gasteiger partial charge >= 0.3 is 0 Å². The maximum absolute atomic E-state index is 11.9. The van der Waals surface area contributed by atoms with Crippen molar-refractivity contribution in [1.82, 2.24) is 0 Å². The largest absolute Gasteiger partial charge is 0.464 e. The second kappa shape index (κ2) is 6.01. The standard InChI is InChI=1S/C18H13NO2/c20-17-9-10-19-16-13-18-14(12-15(16)17)8-6-4-2-1-3-5-7-11-21-18/h1-13H. The lowest BCUT2D eigenvalue weighted by molar-refractivity contribution is 0.104. The van der Waals surface area contributed by atoms with Crippen molar-refractivity contribution in [3.63, 3.8) is 0 Å². The summed E-state index contributed by atoms with van der Waals surface area (Å²) in [5, 5.41) is 1.47. The Labute approximate surface area is 122 Å². The van der Waals surface area contributed by atoms with Crippen LogP contribution < -0.4 is 15.3 Å². The Kier molecular flexibility index (Phi) is 3.74. The lowest BCUT2D eigenvalue weighted by atomic mass is 10.1. The van der Waals surface area contributed by atoms with E-state index in [1.807, 2.05) is 48.6 Å². The van der Waals surface area contributed by atoms with Gasteiger partial charge in [0.2, 0.25) is 0 Å². The predicted molar refractivity (Wildman–Crippen MR) is 82.3 cm³/mol. The predicted octanol–water partition coefficient (Wildman–Crippen LogP) is 2.37. The van der Waals surface area contributed by atoms with E-state index >= 15 is 0 Å². The van der Waals surface area contributed by atoms with Crippen LogP contribution in [-0.4, -0.2) is 5.78 Å². The number of ether oxygens (including phenoxy) is 1. The van der Waals surface area contributed by atoms with Gasteiger partial charge in [0.15, 0.2) is 5.78 Å². The van der Waals surface area contributed by atoms with Crippen LogP contribution >= 0.6 is 0 Å². The lowest BCUT2D eigenvalue weighted by Crippen LogP contribution is -2.22. The molecule has 0 fully saturated rings. The first kappa shape index (κ1) is 13.1. The normalized spacial score (nSPS) is 15.9. The van der Waals surface area contributed by atoms with E-state index in [2.05, 4.69) is 4.99 Å². The van der Waals surface area contributed by atoms with Gasteiger partial charge in [-0.15, -0.1) is 0 Å². The van der Waals surface area contributed by atoms with E-state index in [1.54, 1.807) is 18.4 Å². The highest BCUT2D eigenvalue weighted by Gasteiger charge is 2.10. The van der Waals surface area contributed by atoms with E-state index in [0.717, 1.165) is 5.22 Å². The zero-order valence-electron chi connectivity index (χ0n) is 11.3. The molecule has 0 radical (unpaired) electrons. The number of benzene rings is 1. The molecule has 2 aliphatic heterocycles. The Morgan fingerprint density at radius 2 is 1.67 bits per heavy atom. The summed E-state index contributed by atoms with van der Waals surface area (Å²) in [7, 11) is 0. The molecule has 1 aromatic rings. The highest BCUT2D eigenvalue weighted by atomic mass is 16.5. The molecule has 3 rings (SSSR count). The minimum absolute atomic E-state index is 0.0373. The molecule has 0 bridgehead atoms. The maximum atomic E-state index is 11.9. The summed E-state index contributed by atoms with van der Waals surface area (Å²) in [5.74, 6) is 0.629. The number of fused-ring (bicyclic) bond motifs is 2. The van der Waals surface area contributed by atoms with Crippen LogP contribution in [0.15, 0.2) is 78.2 Å². The molecule has 2 aliphatic rings. The Morgan fingerprint density at radius 3 is 2.52 bits per heavy atom. The van der Waals surface area contributed by atoms with E-state index in [1.165, 1.54) is 12.3 Å². The van der Waals surface area contributed by atoms with Crippen LogP contribution in [0, 0.1) is 0 Å². The average molecular weight is 275 g/mol. The first-order valence-electron chi connectivity index (χ1n) is 6.61. The molecular weight excluding hydrogens is 262 g/mol. The summed E-state index contributed by atoms with van der Waals surface area (Å²) < 4.78 is 5.65. The van der Waals surface area contributed by atoms with Crippen LogP contribution in [0.5, 0.6) is 5.75 Å². The van der Waals surface area contributed by atoms with E-state index < -0.39 is 0 Å². The van der Waals surface area contributed by atoms with Crippen molar-refractivity contribution in [1.29, 1.82) is 0 Å². The zero-order valence-corrected chi connectivity index (χ0v) is 11.3. The van der Waals surface area contributed by atoms with Crippen molar-refractivity contribution < 1.29 is 9.53 Å². The van der Waals surface area contributed by atoms with Gasteiger partial charge in [-0.3, -0.25) is 9.79 Å². The smallest absolute Gasteiger partial charge is 0.189 e. The van der Waals surface area contributed by atoms with Gasteiger partial charge in [0.1, 0.15) is 5.75 Å². The van der Waals surface area contributed by atoms with E-state index in [4.69, 9.17) is 4.74 Å². The zero-order chi connectivity index (χ0) is 14.5. The molecular formula is C18H13NO2. The topological polar surface area (TPSA) is 38.7 Å². The number of rotatable bonds is 0. The molecule has 102 valence electrons. The summed E-state index contributed by atoms with van der Waals surface area (Å²) >= 11 is 0. The van der Waals surface area contributed by atoms with Crippen LogP contribution in [0.1, 0.15) is 10.4 Å². The molecule has 3 heteroatoms. The van der Waals surface area contributed by atoms with E-state index in [0.29, 0.717) is 16.7 Å². The van der Waals surface area contributed by atoms with Gasteiger partial charge in [0.05, 0.1) is 11.6 Å². The van der Waals surface area contributed by atoms with E-state index in [9.17, 15) is 4.79 Å². The first-order valence-corrected chi connectivity index (χ1v) is 6.61. The fourth-order valence-electron chi connectivity index (χ4n) is 2.04. The molecule has 0 N–H and O–H groups in total. The number of carbonyl (C=O) groups is 1. The number of hydrogen-bond donors (Lipinski definition) is 0. The summed E-state index contributed by atoms with van der Waals surface area (Å²) in [4.78, 5) is 16.1. The minimum atomic E-state index is -0.0373. The van der Waals surface area contributed by atoms with Crippen molar-refractivity contribution in [2.75, 3.05) is 0 Å². The van der Waals surface area contributed by atoms with Crippen LogP contribution in [0.25, 0.3) is 6.08 Å². The number of nitrogens with zero attached hydrogens (tertiary/aromatic N) is 1. The second-order valence-electron chi connectivity index (χ2n) is 4.48. The monoisotopic (exact) mass is 275 g/mol. The van der Waals surface area contributed by atoms with Crippen molar-refractivity contribution >= 4 is 11.9 Å². The Morgan fingerprint density at radius 1 is 0.905 bits per heavy atom.